The highest BCUT2D eigenvalue weighted by Gasteiger charge is 2.13. The topological polar surface area (TPSA) is 58.2 Å². The van der Waals surface area contributed by atoms with Gasteiger partial charge in [-0.2, -0.15) is 0 Å². The second-order valence-corrected chi connectivity index (χ2v) is 6.80. The van der Waals surface area contributed by atoms with Crippen molar-refractivity contribution in [1.82, 2.24) is 10.0 Å². The highest BCUT2D eigenvalue weighted by atomic mass is 32.2. The van der Waals surface area contributed by atoms with E-state index in [-0.39, 0.29) is 11.2 Å². The first-order valence-electron chi connectivity index (χ1n) is 5.45. The maximum absolute atomic E-state index is 11.4. The van der Waals surface area contributed by atoms with E-state index in [9.17, 15) is 8.42 Å². The SMILES string of the molecule is CCNCCS(=O)(=O)NCCC(C)(C)C. The van der Waals surface area contributed by atoms with Crippen LogP contribution in [-0.2, 0) is 10.0 Å². The molecule has 5 heteroatoms. The maximum Gasteiger partial charge on any atom is 0.212 e. The fourth-order valence-corrected chi connectivity index (χ4v) is 2.01. The van der Waals surface area contributed by atoms with Crippen LogP contribution in [0.5, 0.6) is 0 Å². The average Bonchev–Trinajstić information content (AvgIpc) is 2.01. The number of nitrogens with one attached hydrogen (secondary N) is 2. The number of sulfonamides is 1. The van der Waals surface area contributed by atoms with E-state index < -0.39 is 10.0 Å². The zero-order valence-electron chi connectivity index (χ0n) is 10.3. The monoisotopic (exact) mass is 236 g/mol. The van der Waals surface area contributed by atoms with Gasteiger partial charge in [-0.3, -0.25) is 0 Å². The molecule has 2 N–H and O–H groups in total. The number of hydrogen-bond donors (Lipinski definition) is 2. The molecule has 0 fully saturated rings. The maximum atomic E-state index is 11.4. The molecular weight excluding hydrogens is 212 g/mol. The van der Waals surface area contributed by atoms with Crippen LogP contribution in [0.25, 0.3) is 0 Å². The lowest BCUT2D eigenvalue weighted by atomic mass is 9.93. The molecule has 0 unspecified atom stereocenters. The number of rotatable bonds is 7. The van der Waals surface area contributed by atoms with Gasteiger partial charge in [-0.25, -0.2) is 13.1 Å². The molecule has 0 bridgehead atoms. The first-order valence-corrected chi connectivity index (χ1v) is 7.10. The lowest BCUT2D eigenvalue weighted by molar-refractivity contribution is 0.378. The van der Waals surface area contributed by atoms with Crippen molar-refractivity contribution in [1.29, 1.82) is 0 Å². The molecule has 0 rings (SSSR count). The molecule has 0 atom stereocenters. The zero-order valence-corrected chi connectivity index (χ0v) is 11.1. The summed E-state index contributed by atoms with van der Waals surface area (Å²) in [4.78, 5) is 0. The zero-order chi connectivity index (χ0) is 11.9. The van der Waals surface area contributed by atoms with Crippen molar-refractivity contribution in [3.63, 3.8) is 0 Å². The van der Waals surface area contributed by atoms with Crippen molar-refractivity contribution in [2.45, 2.75) is 34.1 Å². The smallest absolute Gasteiger partial charge is 0.212 e. The van der Waals surface area contributed by atoms with Crippen LogP contribution in [0.1, 0.15) is 34.1 Å². The predicted octanol–water partition coefficient (Wildman–Crippen LogP) is 0.952. The lowest BCUT2D eigenvalue weighted by Gasteiger charge is -2.18. The van der Waals surface area contributed by atoms with Crippen LogP contribution in [0, 0.1) is 5.41 Å². The summed E-state index contributed by atoms with van der Waals surface area (Å²) in [6.07, 6.45) is 0.855. The van der Waals surface area contributed by atoms with Crippen LogP contribution < -0.4 is 10.0 Å². The minimum absolute atomic E-state index is 0.158. The largest absolute Gasteiger partial charge is 0.316 e. The van der Waals surface area contributed by atoms with Gasteiger partial charge in [-0.15, -0.1) is 0 Å². The molecule has 0 aliphatic carbocycles. The molecule has 0 aromatic carbocycles. The Morgan fingerprint density at radius 2 is 1.73 bits per heavy atom. The third kappa shape index (κ3) is 10.2. The van der Waals surface area contributed by atoms with Crippen LogP contribution in [0.2, 0.25) is 0 Å². The van der Waals surface area contributed by atoms with Gasteiger partial charge in [-0.05, 0) is 18.4 Å². The second-order valence-electron chi connectivity index (χ2n) is 4.88. The van der Waals surface area contributed by atoms with Gasteiger partial charge < -0.3 is 5.32 Å². The summed E-state index contributed by atoms with van der Waals surface area (Å²) >= 11 is 0. The highest BCUT2D eigenvalue weighted by Crippen LogP contribution is 2.17. The number of hydrogen-bond acceptors (Lipinski definition) is 3. The summed E-state index contributed by atoms with van der Waals surface area (Å²) in [7, 11) is -3.09. The Morgan fingerprint density at radius 1 is 1.13 bits per heavy atom. The first kappa shape index (κ1) is 14.9. The summed E-state index contributed by atoms with van der Waals surface area (Å²) < 4.78 is 25.5. The van der Waals surface area contributed by atoms with E-state index >= 15 is 0 Å². The van der Waals surface area contributed by atoms with E-state index in [1.54, 1.807) is 0 Å². The van der Waals surface area contributed by atoms with E-state index in [0.29, 0.717) is 13.1 Å². The van der Waals surface area contributed by atoms with Crippen molar-refractivity contribution in [2.24, 2.45) is 5.41 Å². The minimum atomic E-state index is -3.09. The Bertz CT molecular complexity index is 255. The quantitative estimate of drug-likeness (QED) is 0.647. The Labute approximate surface area is 93.9 Å². The molecule has 0 saturated carbocycles. The van der Waals surface area contributed by atoms with Crippen molar-refractivity contribution >= 4 is 10.0 Å². The fourth-order valence-electron chi connectivity index (χ4n) is 1.04. The summed E-state index contributed by atoms with van der Waals surface area (Å²) in [6.45, 7) is 10.1. The van der Waals surface area contributed by atoms with Crippen LogP contribution in [0.15, 0.2) is 0 Å². The van der Waals surface area contributed by atoms with Gasteiger partial charge >= 0.3 is 0 Å². The lowest BCUT2D eigenvalue weighted by Crippen LogP contribution is -2.33. The van der Waals surface area contributed by atoms with Crippen LogP contribution >= 0.6 is 0 Å². The Kier molecular flexibility index (Phi) is 6.40. The highest BCUT2D eigenvalue weighted by molar-refractivity contribution is 7.89. The van der Waals surface area contributed by atoms with E-state index in [2.05, 4.69) is 30.8 Å². The molecule has 0 aliphatic rings. The predicted molar refractivity (Wildman–Crippen MR) is 64.4 cm³/mol. The summed E-state index contributed by atoms with van der Waals surface area (Å²) in [5, 5.41) is 2.99. The van der Waals surface area contributed by atoms with Crippen molar-refractivity contribution < 1.29 is 8.42 Å². The van der Waals surface area contributed by atoms with E-state index in [4.69, 9.17) is 0 Å². The van der Waals surface area contributed by atoms with E-state index in [0.717, 1.165) is 13.0 Å². The fraction of sp³-hybridized carbons (Fsp3) is 1.00. The summed E-state index contributed by atoms with van der Waals surface area (Å²) in [5.41, 5.74) is 0.171. The molecule has 0 aromatic heterocycles. The van der Waals surface area contributed by atoms with Gasteiger partial charge in [0, 0.05) is 13.1 Å². The Balaban J connectivity index is 3.75. The molecule has 0 heterocycles. The Morgan fingerprint density at radius 3 is 2.20 bits per heavy atom. The average molecular weight is 236 g/mol. The molecule has 4 nitrogen and oxygen atoms in total. The van der Waals surface area contributed by atoms with Gasteiger partial charge in [0.1, 0.15) is 0 Å². The minimum Gasteiger partial charge on any atom is -0.316 e. The first-order chi connectivity index (χ1) is 6.77. The van der Waals surface area contributed by atoms with Gasteiger partial charge in [-0.1, -0.05) is 27.7 Å². The van der Waals surface area contributed by atoms with Crippen molar-refractivity contribution in [3.05, 3.63) is 0 Å². The standard InChI is InChI=1S/C10H24N2O2S/c1-5-11-8-9-15(13,14)12-7-6-10(2,3)4/h11-12H,5-9H2,1-4H3. The molecule has 0 saturated heterocycles. The molecule has 92 valence electrons. The molecular formula is C10H24N2O2S. The molecule has 0 aromatic rings. The van der Waals surface area contributed by atoms with Crippen LogP contribution in [0.4, 0.5) is 0 Å². The summed E-state index contributed by atoms with van der Waals surface area (Å²) in [5.74, 6) is 0.158. The van der Waals surface area contributed by atoms with Crippen molar-refractivity contribution in [2.75, 3.05) is 25.4 Å². The van der Waals surface area contributed by atoms with E-state index in [1.807, 2.05) is 6.92 Å². The van der Waals surface area contributed by atoms with Crippen LogP contribution in [-0.4, -0.2) is 33.8 Å². The van der Waals surface area contributed by atoms with Gasteiger partial charge in [0.2, 0.25) is 10.0 Å². The van der Waals surface area contributed by atoms with Gasteiger partial charge in [0.05, 0.1) is 5.75 Å². The molecule has 0 aliphatic heterocycles. The molecule has 0 spiro atoms. The van der Waals surface area contributed by atoms with Gasteiger partial charge in [0.25, 0.3) is 0 Å². The van der Waals surface area contributed by atoms with E-state index in [1.165, 1.54) is 0 Å². The summed E-state index contributed by atoms with van der Waals surface area (Å²) in [6, 6.07) is 0. The normalized spacial score (nSPS) is 13.1. The third-order valence-electron chi connectivity index (χ3n) is 1.99. The van der Waals surface area contributed by atoms with Crippen molar-refractivity contribution in [3.8, 4) is 0 Å². The molecule has 15 heavy (non-hydrogen) atoms. The second kappa shape index (κ2) is 6.45. The molecule has 0 radical (unpaired) electrons. The third-order valence-corrected chi connectivity index (χ3v) is 3.38. The van der Waals surface area contributed by atoms with Crippen LogP contribution in [0.3, 0.4) is 0 Å². The Hall–Kier alpha value is -0.130. The van der Waals surface area contributed by atoms with Gasteiger partial charge in [0.15, 0.2) is 0 Å². The molecule has 0 amide bonds.